The first-order chi connectivity index (χ1) is 17.5. The van der Waals surface area contributed by atoms with Crippen molar-refractivity contribution in [1.82, 2.24) is 30.2 Å². The molecule has 0 saturated carbocycles. The number of H-pyrrole nitrogens is 1. The number of imidazole rings is 1. The van der Waals surface area contributed by atoms with Gasteiger partial charge in [-0.1, -0.05) is 73.5 Å². The zero-order valence-electron chi connectivity index (χ0n) is 19.9. The first kappa shape index (κ1) is 25.1. The highest BCUT2D eigenvalue weighted by Gasteiger charge is 2.24. The molecule has 1 N–H and O–H groups in total. The molecule has 0 aliphatic rings. The highest BCUT2D eigenvalue weighted by atomic mass is 35.5. The second kappa shape index (κ2) is 11.6. The van der Waals surface area contributed by atoms with Crippen molar-refractivity contribution in [2.24, 2.45) is 0 Å². The number of rotatable bonds is 10. The van der Waals surface area contributed by atoms with E-state index in [0.29, 0.717) is 24.6 Å². The fourth-order valence-corrected chi connectivity index (χ4v) is 4.05. The molecule has 186 valence electrons. The van der Waals surface area contributed by atoms with Crippen molar-refractivity contribution in [2.45, 2.75) is 39.7 Å². The smallest absolute Gasteiger partial charge is 0.361 e. The van der Waals surface area contributed by atoms with E-state index in [1.807, 2.05) is 48.5 Å². The summed E-state index contributed by atoms with van der Waals surface area (Å²) in [5.74, 6) is -0.0535. The number of hydrogen-bond acceptors (Lipinski definition) is 8. The third kappa shape index (κ3) is 5.77. The van der Waals surface area contributed by atoms with Crippen LogP contribution in [0.5, 0.6) is 0 Å². The van der Waals surface area contributed by atoms with E-state index in [1.54, 1.807) is 4.57 Å². The molecule has 0 saturated heterocycles. The van der Waals surface area contributed by atoms with Crippen LogP contribution in [0.4, 0.5) is 0 Å². The number of unbranched alkanes of at least 4 members (excludes halogenated alkanes) is 1. The average Bonchev–Trinajstić information content (AvgIpc) is 3.51. The van der Waals surface area contributed by atoms with E-state index in [-0.39, 0.29) is 10.8 Å². The molecule has 0 spiro atoms. The lowest BCUT2D eigenvalue weighted by Gasteiger charge is -2.13. The van der Waals surface area contributed by atoms with Crippen LogP contribution in [-0.4, -0.2) is 48.9 Å². The minimum absolute atomic E-state index is 0.0552. The number of aryl methyl sites for hydroxylation is 1. The van der Waals surface area contributed by atoms with Crippen molar-refractivity contribution in [3.63, 3.8) is 0 Å². The third-order valence-electron chi connectivity index (χ3n) is 5.52. The number of nitrogens with one attached hydrogen (secondary N) is 1. The summed E-state index contributed by atoms with van der Waals surface area (Å²) in [4.78, 5) is 28.2. The van der Waals surface area contributed by atoms with E-state index in [4.69, 9.17) is 21.1 Å². The Hall–Kier alpha value is -4.05. The fraction of sp³-hybridized carbons (Fsp3) is 0.280. The van der Waals surface area contributed by atoms with Crippen LogP contribution in [0.1, 0.15) is 48.6 Å². The summed E-state index contributed by atoms with van der Waals surface area (Å²) >= 11 is 6.34. The maximum absolute atomic E-state index is 12.8. The van der Waals surface area contributed by atoms with Crippen LogP contribution >= 0.6 is 11.6 Å². The Morgan fingerprint density at radius 2 is 1.81 bits per heavy atom. The highest BCUT2D eigenvalue weighted by molar-refractivity contribution is 6.32. The molecule has 0 amide bonds. The molecule has 2 aromatic heterocycles. The number of carbonyl (C=O) groups is 2. The molecule has 0 aliphatic heterocycles. The largest absolute Gasteiger partial charge is 0.428 e. The van der Waals surface area contributed by atoms with Gasteiger partial charge in [0.05, 0.1) is 0 Å². The summed E-state index contributed by atoms with van der Waals surface area (Å²) in [6, 6.07) is 15.8. The van der Waals surface area contributed by atoms with Crippen LogP contribution in [0.3, 0.4) is 0 Å². The Morgan fingerprint density at radius 3 is 2.47 bits per heavy atom. The number of aromatic nitrogens is 6. The van der Waals surface area contributed by atoms with Gasteiger partial charge in [-0.25, -0.2) is 9.78 Å². The summed E-state index contributed by atoms with van der Waals surface area (Å²) in [5, 5.41) is 14.4. The highest BCUT2D eigenvalue weighted by Crippen LogP contribution is 2.30. The molecular weight excluding hydrogens is 484 g/mol. The lowest BCUT2D eigenvalue weighted by Crippen LogP contribution is -2.17. The quantitative estimate of drug-likeness (QED) is 0.246. The molecular formula is C25H25ClN6O4. The molecule has 0 atom stereocenters. The second-order valence-electron chi connectivity index (χ2n) is 8.02. The van der Waals surface area contributed by atoms with Crippen LogP contribution in [0.15, 0.2) is 48.5 Å². The lowest BCUT2D eigenvalue weighted by atomic mass is 9.98. The molecule has 2 heterocycles. The SMILES string of the molecule is CCCCc1nc(Cl)c(C(=O)OCOC(C)=O)n1Cc1ccc(-c2ccccc2-c2nn[nH]n2)cc1. The van der Waals surface area contributed by atoms with E-state index in [9.17, 15) is 9.59 Å². The summed E-state index contributed by atoms with van der Waals surface area (Å²) in [6.07, 6.45) is 2.51. The predicted octanol–water partition coefficient (Wildman–Crippen LogP) is 4.45. The first-order valence-corrected chi connectivity index (χ1v) is 11.8. The Bertz CT molecular complexity index is 1340. The lowest BCUT2D eigenvalue weighted by molar-refractivity contribution is -0.149. The van der Waals surface area contributed by atoms with E-state index in [2.05, 4.69) is 32.5 Å². The molecule has 2 aromatic carbocycles. The van der Waals surface area contributed by atoms with Crippen LogP contribution in [0.25, 0.3) is 22.5 Å². The Morgan fingerprint density at radius 1 is 1.06 bits per heavy atom. The van der Waals surface area contributed by atoms with Gasteiger partial charge in [-0.05, 0) is 28.3 Å². The third-order valence-corrected chi connectivity index (χ3v) is 5.79. The van der Waals surface area contributed by atoms with Gasteiger partial charge in [-0.15, -0.1) is 10.2 Å². The topological polar surface area (TPSA) is 125 Å². The standard InChI is InChI=1S/C25H25ClN6O4/c1-3-4-9-21-27-23(26)22(25(34)36-15-35-16(2)33)32(21)14-17-10-12-18(13-11-17)19-7-5-6-8-20(19)24-28-30-31-29-24/h5-8,10-13H,3-4,9,14-15H2,1-2H3,(H,28,29,30,31). The molecule has 0 aliphatic carbocycles. The van der Waals surface area contributed by atoms with Gasteiger partial charge >= 0.3 is 11.9 Å². The molecule has 0 bridgehead atoms. The first-order valence-electron chi connectivity index (χ1n) is 11.5. The van der Waals surface area contributed by atoms with Crippen molar-refractivity contribution < 1.29 is 19.1 Å². The molecule has 0 unspecified atom stereocenters. The molecule has 0 fully saturated rings. The molecule has 10 nitrogen and oxygen atoms in total. The maximum Gasteiger partial charge on any atom is 0.361 e. The van der Waals surface area contributed by atoms with E-state index < -0.39 is 18.7 Å². The number of aromatic amines is 1. The van der Waals surface area contributed by atoms with Gasteiger partial charge in [-0.3, -0.25) is 4.79 Å². The van der Waals surface area contributed by atoms with Gasteiger partial charge in [0.1, 0.15) is 5.82 Å². The summed E-state index contributed by atoms with van der Waals surface area (Å²) in [5.41, 5.74) is 3.88. The van der Waals surface area contributed by atoms with Gasteiger partial charge in [0.2, 0.25) is 12.6 Å². The van der Waals surface area contributed by atoms with Crippen LogP contribution in [-0.2, 0) is 27.2 Å². The minimum atomic E-state index is -0.706. The number of ether oxygens (including phenoxy) is 2. The van der Waals surface area contributed by atoms with Gasteiger partial charge < -0.3 is 14.0 Å². The average molecular weight is 509 g/mol. The molecule has 4 rings (SSSR count). The number of benzene rings is 2. The monoisotopic (exact) mass is 508 g/mol. The Kier molecular flexibility index (Phi) is 8.06. The number of carbonyl (C=O) groups excluding carboxylic acids is 2. The van der Waals surface area contributed by atoms with Crippen LogP contribution in [0.2, 0.25) is 5.15 Å². The van der Waals surface area contributed by atoms with E-state index >= 15 is 0 Å². The van der Waals surface area contributed by atoms with Gasteiger partial charge in [0.25, 0.3) is 0 Å². The van der Waals surface area contributed by atoms with Crippen molar-refractivity contribution in [3.8, 4) is 22.5 Å². The summed E-state index contributed by atoms with van der Waals surface area (Å²) in [7, 11) is 0. The number of hydrogen-bond donors (Lipinski definition) is 1. The minimum Gasteiger partial charge on any atom is -0.428 e. The van der Waals surface area contributed by atoms with Crippen molar-refractivity contribution >= 4 is 23.5 Å². The zero-order chi connectivity index (χ0) is 25.5. The number of halogens is 1. The van der Waals surface area contributed by atoms with Gasteiger partial charge in [-0.2, -0.15) is 5.21 Å². The number of nitrogens with zero attached hydrogens (tertiary/aromatic N) is 5. The molecule has 4 aromatic rings. The summed E-state index contributed by atoms with van der Waals surface area (Å²) in [6.45, 7) is 3.18. The number of esters is 2. The predicted molar refractivity (Wildman–Crippen MR) is 132 cm³/mol. The van der Waals surface area contributed by atoms with Crippen LogP contribution in [0, 0.1) is 0 Å². The Balaban J connectivity index is 1.61. The van der Waals surface area contributed by atoms with Crippen molar-refractivity contribution in [1.29, 1.82) is 0 Å². The number of tetrazole rings is 1. The van der Waals surface area contributed by atoms with Gasteiger partial charge in [0.15, 0.2) is 10.8 Å². The summed E-state index contributed by atoms with van der Waals surface area (Å²) < 4.78 is 11.6. The van der Waals surface area contributed by atoms with Crippen molar-refractivity contribution in [2.75, 3.05) is 6.79 Å². The van der Waals surface area contributed by atoms with Crippen LogP contribution < -0.4 is 0 Å². The normalized spacial score (nSPS) is 10.9. The maximum atomic E-state index is 12.8. The molecule has 11 heteroatoms. The Labute approximate surface area is 212 Å². The molecule has 36 heavy (non-hydrogen) atoms. The van der Waals surface area contributed by atoms with E-state index in [1.165, 1.54) is 6.92 Å². The fourth-order valence-electron chi connectivity index (χ4n) is 3.77. The second-order valence-corrected chi connectivity index (χ2v) is 8.38. The van der Waals surface area contributed by atoms with Crippen molar-refractivity contribution in [3.05, 3.63) is 70.8 Å². The van der Waals surface area contributed by atoms with E-state index in [0.717, 1.165) is 35.1 Å². The zero-order valence-corrected chi connectivity index (χ0v) is 20.7. The van der Waals surface area contributed by atoms with Gasteiger partial charge in [0, 0.05) is 25.5 Å². The molecule has 0 radical (unpaired) electrons.